The van der Waals surface area contributed by atoms with E-state index in [-0.39, 0.29) is 22.6 Å². The molecule has 0 unspecified atom stereocenters. The summed E-state index contributed by atoms with van der Waals surface area (Å²) in [6.45, 7) is 4.37. The number of aliphatic hydroxyl groups is 1. The summed E-state index contributed by atoms with van der Waals surface area (Å²) in [6.07, 6.45) is 4.45. The van der Waals surface area contributed by atoms with Crippen LogP contribution in [-0.2, 0) is 14.6 Å². The molecular formula is C27H34ClN3O5S. The van der Waals surface area contributed by atoms with Gasteiger partial charge in [-0.1, -0.05) is 17.7 Å². The second kappa shape index (κ2) is 11.0. The molecule has 2 aromatic rings. The zero-order valence-electron chi connectivity index (χ0n) is 21.2. The molecule has 0 radical (unpaired) electrons. The molecule has 2 fully saturated rings. The van der Waals surface area contributed by atoms with Crippen molar-refractivity contribution in [2.75, 3.05) is 42.7 Å². The molecule has 2 N–H and O–H groups in total. The fourth-order valence-corrected chi connectivity index (χ4v) is 5.78. The Labute approximate surface area is 223 Å². The summed E-state index contributed by atoms with van der Waals surface area (Å²) in [6, 6.07) is 11.3. The zero-order valence-corrected chi connectivity index (χ0v) is 22.8. The lowest BCUT2D eigenvalue weighted by molar-refractivity contribution is -0.136. The van der Waals surface area contributed by atoms with Crippen molar-refractivity contribution in [1.82, 2.24) is 4.90 Å². The average Bonchev–Trinajstić information content (AvgIpc) is 2.84. The van der Waals surface area contributed by atoms with Crippen LogP contribution in [-0.4, -0.2) is 68.3 Å². The van der Waals surface area contributed by atoms with E-state index in [0.717, 1.165) is 24.8 Å². The minimum Gasteiger partial charge on any atom is -0.390 e. The quantitative estimate of drug-likeness (QED) is 0.566. The highest BCUT2D eigenvalue weighted by Gasteiger charge is 2.31. The molecule has 8 nitrogen and oxygen atoms in total. The maximum absolute atomic E-state index is 12.9. The third-order valence-corrected chi connectivity index (χ3v) is 8.69. The van der Waals surface area contributed by atoms with E-state index >= 15 is 0 Å². The second-order valence-corrected chi connectivity index (χ2v) is 12.9. The van der Waals surface area contributed by atoms with Crippen LogP contribution in [0.2, 0.25) is 5.02 Å². The Hall–Kier alpha value is -2.62. The van der Waals surface area contributed by atoms with Gasteiger partial charge in [0.2, 0.25) is 5.91 Å². The van der Waals surface area contributed by atoms with Crippen molar-refractivity contribution in [3.05, 3.63) is 53.1 Å². The number of nitrogens with one attached hydrogen (secondary N) is 1. The van der Waals surface area contributed by atoms with Crippen LogP contribution < -0.4 is 10.2 Å². The highest BCUT2D eigenvalue weighted by molar-refractivity contribution is 7.90. The van der Waals surface area contributed by atoms with Crippen LogP contribution >= 0.6 is 11.6 Å². The van der Waals surface area contributed by atoms with Crippen LogP contribution in [0.1, 0.15) is 49.4 Å². The molecule has 2 aliphatic heterocycles. The number of piperidine rings is 2. The molecule has 0 bridgehead atoms. The standard InChI is InChI=1S/C27H34ClN3O5S/c1-27(34)10-14-31(15-11-27)25(32)16-19-8-12-30(13-9-19)24-7-6-22(37(2,35)36)18-23(24)29-26(33)20-4-3-5-21(28)17-20/h3-7,17-19,34H,8-16H2,1-2H3,(H,29,33). The Morgan fingerprint density at radius 2 is 1.76 bits per heavy atom. The van der Waals surface area contributed by atoms with Crippen molar-refractivity contribution < 1.29 is 23.1 Å². The highest BCUT2D eigenvalue weighted by Crippen LogP contribution is 2.34. The Kier molecular flexibility index (Phi) is 8.16. The summed E-state index contributed by atoms with van der Waals surface area (Å²) in [7, 11) is -3.47. The number of nitrogens with zero attached hydrogens (tertiary/aromatic N) is 2. The number of sulfone groups is 1. The van der Waals surface area contributed by atoms with Crippen molar-refractivity contribution >= 4 is 44.6 Å². The highest BCUT2D eigenvalue weighted by atomic mass is 35.5. The molecule has 2 aliphatic rings. The summed E-state index contributed by atoms with van der Waals surface area (Å²) < 4.78 is 24.4. The lowest BCUT2D eigenvalue weighted by Gasteiger charge is -2.38. The molecule has 10 heteroatoms. The van der Waals surface area contributed by atoms with Gasteiger partial charge in [-0.25, -0.2) is 8.42 Å². The maximum Gasteiger partial charge on any atom is 0.255 e. The number of likely N-dealkylation sites (tertiary alicyclic amines) is 1. The number of hydrogen-bond donors (Lipinski definition) is 2. The molecule has 0 spiro atoms. The molecule has 0 aliphatic carbocycles. The number of anilines is 2. The second-order valence-electron chi connectivity index (χ2n) is 10.4. The topological polar surface area (TPSA) is 107 Å². The van der Waals surface area contributed by atoms with Gasteiger partial charge in [0.05, 0.1) is 21.9 Å². The number of rotatable bonds is 6. The first-order valence-electron chi connectivity index (χ1n) is 12.6. The molecule has 0 aromatic heterocycles. The molecule has 2 heterocycles. The molecule has 200 valence electrons. The van der Waals surface area contributed by atoms with Gasteiger partial charge < -0.3 is 20.2 Å². The third kappa shape index (κ3) is 7.03. The lowest BCUT2D eigenvalue weighted by atomic mass is 9.90. The SMILES string of the molecule is CC1(O)CCN(C(=O)CC2CCN(c3ccc(S(C)(=O)=O)cc3NC(=O)c3cccc(Cl)c3)CC2)CC1. The van der Waals surface area contributed by atoms with Gasteiger partial charge in [0, 0.05) is 49.4 Å². The van der Waals surface area contributed by atoms with Gasteiger partial charge in [0.1, 0.15) is 0 Å². The predicted molar refractivity (Wildman–Crippen MR) is 145 cm³/mol. The largest absolute Gasteiger partial charge is 0.390 e. The molecule has 2 amide bonds. The fourth-order valence-electron chi connectivity index (χ4n) is 4.94. The normalized spacial score (nSPS) is 18.5. The van der Waals surface area contributed by atoms with Gasteiger partial charge in [-0.15, -0.1) is 0 Å². The predicted octanol–water partition coefficient (Wildman–Crippen LogP) is 3.98. The minimum absolute atomic E-state index is 0.124. The number of halogens is 1. The van der Waals surface area contributed by atoms with Gasteiger partial charge in [0.15, 0.2) is 9.84 Å². The number of carbonyl (C=O) groups is 2. The zero-order chi connectivity index (χ0) is 26.8. The van der Waals surface area contributed by atoms with Gasteiger partial charge in [0.25, 0.3) is 5.91 Å². The van der Waals surface area contributed by atoms with E-state index in [1.165, 1.54) is 6.07 Å². The van der Waals surface area contributed by atoms with Crippen molar-refractivity contribution in [2.45, 2.75) is 49.5 Å². The van der Waals surface area contributed by atoms with E-state index in [1.54, 1.807) is 36.4 Å². The van der Waals surface area contributed by atoms with Crippen LogP contribution in [0, 0.1) is 5.92 Å². The number of hydrogen-bond acceptors (Lipinski definition) is 6. The minimum atomic E-state index is -3.47. The maximum atomic E-state index is 12.9. The molecule has 2 aromatic carbocycles. The first-order valence-corrected chi connectivity index (χ1v) is 14.8. The van der Waals surface area contributed by atoms with E-state index in [9.17, 15) is 23.1 Å². The number of carbonyl (C=O) groups excluding carboxylic acids is 2. The van der Waals surface area contributed by atoms with Crippen LogP contribution in [0.4, 0.5) is 11.4 Å². The van der Waals surface area contributed by atoms with E-state index in [4.69, 9.17) is 11.6 Å². The average molecular weight is 548 g/mol. The van der Waals surface area contributed by atoms with Crippen LogP contribution in [0.5, 0.6) is 0 Å². The van der Waals surface area contributed by atoms with Crippen LogP contribution in [0.15, 0.2) is 47.4 Å². The number of amides is 2. The van der Waals surface area contributed by atoms with Gasteiger partial charge in [-0.05, 0) is 74.9 Å². The van der Waals surface area contributed by atoms with Gasteiger partial charge in [-0.3, -0.25) is 9.59 Å². The van der Waals surface area contributed by atoms with Crippen molar-refractivity contribution in [3.8, 4) is 0 Å². The van der Waals surface area contributed by atoms with Gasteiger partial charge >= 0.3 is 0 Å². The summed E-state index contributed by atoms with van der Waals surface area (Å²) in [5, 5.41) is 13.4. The molecule has 4 rings (SSSR count). The molecule has 0 saturated carbocycles. The van der Waals surface area contributed by atoms with Crippen LogP contribution in [0.3, 0.4) is 0 Å². The summed E-state index contributed by atoms with van der Waals surface area (Å²) >= 11 is 6.04. The summed E-state index contributed by atoms with van der Waals surface area (Å²) in [4.78, 5) is 29.8. The van der Waals surface area contributed by atoms with E-state index in [0.29, 0.717) is 61.7 Å². The molecule has 37 heavy (non-hydrogen) atoms. The van der Waals surface area contributed by atoms with E-state index < -0.39 is 15.4 Å². The van der Waals surface area contributed by atoms with Crippen molar-refractivity contribution in [2.24, 2.45) is 5.92 Å². The summed E-state index contributed by atoms with van der Waals surface area (Å²) in [5.74, 6) is 0.0160. The Morgan fingerprint density at radius 3 is 2.38 bits per heavy atom. The summed E-state index contributed by atoms with van der Waals surface area (Å²) in [5.41, 5.74) is 0.850. The third-order valence-electron chi connectivity index (χ3n) is 7.34. The van der Waals surface area contributed by atoms with Crippen molar-refractivity contribution in [1.29, 1.82) is 0 Å². The smallest absolute Gasteiger partial charge is 0.255 e. The first-order chi connectivity index (χ1) is 17.4. The Morgan fingerprint density at radius 1 is 1.08 bits per heavy atom. The Bertz CT molecular complexity index is 1260. The monoisotopic (exact) mass is 547 g/mol. The van der Waals surface area contributed by atoms with Gasteiger partial charge in [-0.2, -0.15) is 0 Å². The first kappa shape index (κ1) is 27.4. The van der Waals surface area contributed by atoms with E-state index in [2.05, 4.69) is 10.2 Å². The van der Waals surface area contributed by atoms with Crippen molar-refractivity contribution in [3.63, 3.8) is 0 Å². The fraction of sp³-hybridized carbons (Fsp3) is 0.481. The lowest BCUT2D eigenvalue weighted by Crippen LogP contribution is -2.46. The van der Waals surface area contributed by atoms with E-state index in [1.807, 2.05) is 11.8 Å². The number of benzene rings is 2. The molecule has 2 saturated heterocycles. The Balaban J connectivity index is 1.44. The van der Waals surface area contributed by atoms with Crippen LogP contribution in [0.25, 0.3) is 0 Å². The molecular weight excluding hydrogens is 514 g/mol. The molecule has 0 atom stereocenters.